The van der Waals surface area contributed by atoms with Gasteiger partial charge in [-0.2, -0.15) is 23.3 Å². The summed E-state index contributed by atoms with van der Waals surface area (Å²) >= 11 is 0. The number of ether oxygens (including phenoxy) is 2. The number of halogens is 3. The van der Waals surface area contributed by atoms with Crippen molar-refractivity contribution in [3.8, 4) is 0 Å². The van der Waals surface area contributed by atoms with Crippen molar-refractivity contribution >= 4 is 28.6 Å². The molecule has 0 spiro atoms. The maximum absolute atomic E-state index is 12.5. The van der Waals surface area contributed by atoms with Crippen LogP contribution < -0.4 is 16.0 Å². The van der Waals surface area contributed by atoms with Crippen LogP contribution in [0.1, 0.15) is 25.5 Å². The third kappa shape index (κ3) is 7.21. The molecule has 4 heterocycles. The fourth-order valence-electron chi connectivity index (χ4n) is 3.91. The number of fused-ring (bicyclic) bond motifs is 1. The van der Waals surface area contributed by atoms with Crippen molar-refractivity contribution in [2.24, 2.45) is 5.92 Å². The first-order valence-corrected chi connectivity index (χ1v) is 11.9. The summed E-state index contributed by atoms with van der Waals surface area (Å²) in [5, 5.41) is 14.4. The number of rotatable bonds is 12. The minimum absolute atomic E-state index is 0.0718. The first kappa shape index (κ1) is 26.0. The highest BCUT2D eigenvalue weighted by Crippen LogP contribution is 2.28. The van der Waals surface area contributed by atoms with Crippen molar-refractivity contribution in [2.45, 2.75) is 39.1 Å². The average Bonchev–Trinajstić information content (AvgIpc) is 3.22. The van der Waals surface area contributed by atoms with E-state index < -0.39 is 12.8 Å². The molecule has 14 heteroatoms. The molecule has 1 aliphatic rings. The number of anilines is 3. The number of hydrogen-bond donors (Lipinski definition) is 3. The normalized spacial score (nSPS) is 14.9. The van der Waals surface area contributed by atoms with Gasteiger partial charge >= 0.3 is 6.18 Å². The molecule has 11 nitrogen and oxygen atoms in total. The minimum atomic E-state index is -4.40. The Bertz CT molecular complexity index is 1110. The van der Waals surface area contributed by atoms with Crippen LogP contribution in [0.15, 0.2) is 18.6 Å². The van der Waals surface area contributed by atoms with Crippen molar-refractivity contribution in [2.75, 3.05) is 50.1 Å². The smallest absolute Gasteiger partial charge is 0.375 e. The summed E-state index contributed by atoms with van der Waals surface area (Å²) in [6.07, 6.45) is 0.718. The summed E-state index contributed by atoms with van der Waals surface area (Å²) in [6.45, 7) is 3.78. The predicted octanol–water partition coefficient (Wildman–Crippen LogP) is 2.89. The van der Waals surface area contributed by atoms with E-state index in [2.05, 4.69) is 36.0 Å². The molecule has 0 saturated carbocycles. The molecular formula is C22H30F3N9O2. The summed E-state index contributed by atoms with van der Waals surface area (Å²) in [7, 11) is 0. The van der Waals surface area contributed by atoms with Crippen molar-refractivity contribution < 1.29 is 22.6 Å². The number of alkyl halides is 3. The number of piperidine rings is 1. The Morgan fingerprint density at radius 1 is 1.19 bits per heavy atom. The van der Waals surface area contributed by atoms with Crippen molar-refractivity contribution in [3.63, 3.8) is 0 Å². The van der Waals surface area contributed by atoms with Crippen molar-refractivity contribution in [3.05, 3.63) is 24.3 Å². The first-order valence-electron chi connectivity index (χ1n) is 11.9. The zero-order chi connectivity index (χ0) is 25.4. The minimum Gasteiger partial charge on any atom is -0.375 e. The van der Waals surface area contributed by atoms with Crippen LogP contribution in [0.4, 0.5) is 30.8 Å². The molecular weight excluding hydrogens is 479 g/mol. The van der Waals surface area contributed by atoms with Crippen LogP contribution >= 0.6 is 0 Å². The van der Waals surface area contributed by atoms with Gasteiger partial charge in [-0.15, -0.1) is 0 Å². The fraction of sp³-hybridized carbons (Fsp3) is 0.591. The summed E-state index contributed by atoms with van der Waals surface area (Å²) in [5.74, 6) is 1.84. The van der Waals surface area contributed by atoms with Gasteiger partial charge in [0.2, 0.25) is 5.95 Å². The van der Waals surface area contributed by atoms with E-state index in [1.807, 2.05) is 6.92 Å². The van der Waals surface area contributed by atoms with Gasteiger partial charge in [-0.25, -0.2) is 15.0 Å². The molecule has 0 aliphatic carbocycles. The van der Waals surface area contributed by atoms with E-state index in [0.29, 0.717) is 46.8 Å². The molecule has 1 fully saturated rings. The molecule has 0 radical (unpaired) electrons. The van der Waals surface area contributed by atoms with Crippen LogP contribution in [0.2, 0.25) is 0 Å². The van der Waals surface area contributed by atoms with E-state index in [1.54, 1.807) is 16.9 Å². The molecule has 1 saturated heterocycles. The molecule has 0 bridgehead atoms. The van der Waals surface area contributed by atoms with Crippen LogP contribution in [-0.2, 0) is 22.6 Å². The van der Waals surface area contributed by atoms with Gasteiger partial charge in [0.15, 0.2) is 5.82 Å². The lowest BCUT2D eigenvalue weighted by Gasteiger charge is -2.22. The van der Waals surface area contributed by atoms with Gasteiger partial charge in [-0.1, -0.05) is 0 Å². The Balaban J connectivity index is 1.65. The molecule has 4 rings (SSSR count). The predicted molar refractivity (Wildman–Crippen MR) is 127 cm³/mol. The van der Waals surface area contributed by atoms with Gasteiger partial charge in [0, 0.05) is 19.3 Å². The maximum atomic E-state index is 12.5. The van der Waals surface area contributed by atoms with E-state index >= 15 is 0 Å². The molecule has 1 aliphatic heterocycles. The molecule has 3 aromatic rings. The lowest BCUT2D eigenvalue weighted by molar-refractivity contribution is -0.174. The van der Waals surface area contributed by atoms with E-state index in [1.165, 1.54) is 6.33 Å². The van der Waals surface area contributed by atoms with E-state index in [0.717, 1.165) is 32.5 Å². The Hall–Kier alpha value is -3.10. The van der Waals surface area contributed by atoms with Crippen LogP contribution in [0, 0.1) is 5.92 Å². The Labute approximate surface area is 206 Å². The summed E-state index contributed by atoms with van der Waals surface area (Å²) < 4.78 is 49.5. The van der Waals surface area contributed by atoms with Crippen molar-refractivity contribution in [1.29, 1.82) is 0 Å². The zero-order valence-corrected chi connectivity index (χ0v) is 20.0. The Morgan fingerprint density at radius 2 is 2.03 bits per heavy atom. The molecule has 196 valence electrons. The van der Waals surface area contributed by atoms with E-state index in [9.17, 15) is 13.2 Å². The monoisotopic (exact) mass is 509 g/mol. The van der Waals surface area contributed by atoms with E-state index in [4.69, 9.17) is 14.5 Å². The lowest BCUT2D eigenvalue weighted by atomic mass is 9.98. The number of hydrogen-bond acceptors (Lipinski definition) is 10. The molecule has 36 heavy (non-hydrogen) atoms. The molecule has 3 aromatic heterocycles. The third-order valence-electron chi connectivity index (χ3n) is 5.65. The molecule has 3 N–H and O–H groups in total. The highest BCUT2D eigenvalue weighted by atomic mass is 19.4. The highest BCUT2D eigenvalue weighted by molar-refractivity contribution is 5.90. The highest BCUT2D eigenvalue weighted by Gasteiger charge is 2.27. The quantitative estimate of drug-likeness (QED) is 0.314. The fourth-order valence-corrected chi connectivity index (χ4v) is 3.91. The molecule has 0 unspecified atom stereocenters. The summed E-state index contributed by atoms with van der Waals surface area (Å²) in [5.41, 5.74) is 1.62. The second kappa shape index (κ2) is 12.2. The summed E-state index contributed by atoms with van der Waals surface area (Å²) in [4.78, 5) is 17.5. The first-order chi connectivity index (χ1) is 17.4. The second-order valence-corrected chi connectivity index (χ2v) is 8.36. The lowest BCUT2D eigenvalue weighted by Crippen LogP contribution is -2.31. The standard InChI is InChI=1S/C22H30F3N9O2/c1-2-35-12-16-18-19(34(33-16)9-10-36-13-22(23,24)25)20(30-17-5-8-27-14-29-17)32-21(31-18)28-11-15-3-6-26-7-4-15/h5,8,14-15,26H,2-4,6-7,9-13H2,1H3,(H2,27,28,29,30,31,32). The van der Waals surface area contributed by atoms with E-state index in [-0.39, 0.29) is 19.8 Å². The summed E-state index contributed by atoms with van der Waals surface area (Å²) in [6, 6.07) is 1.68. The van der Waals surface area contributed by atoms with Gasteiger partial charge in [0.05, 0.1) is 19.8 Å². The SMILES string of the molecule is CCOCc1nn(CCOCC(F)(F)F)c2c(Nc3ccncn3)nc(NCC3CCNCC3)nc12. The maximum Gasteiger partial charge on any atom is 0.411 e. The van der Waals surface area contributed by atoms with Crippen LogP contribution in [0.5, 0.6) is 0 Å². The Morgan fingerprint density at radius 3 is 2.75 bits per heavy atom. The number of aromatic nitrogens is 6. The Kier molecular flexibility index (Phi) is 8.83. The van der Waals surface area contributed by atoms with Crippen LogP contribution in [0.3, 0.4) is 0 Å². The molecule has 0 aromatic carbocycles. The average molecular weight is 510 g/mol. The zero-order valence-electron chi connectivity index (χ0n) is 20.0. The van der Waals surface area contributed by atoms with Gasteiger partial charge in [-0.3, -0.25) is 4.68 Å². The van der Waals surface area contributed by atoms with Crippen LogP contribution in [0.25, 0.3) is 11.0 Å². The molecule has 0 amide bonds. The molecule has 0 atom stereocenters. The largest absolute Gasteiger partial charge is 0.411 e. The number of nitrogens with zero attached hydrogens (tertiary/aromatic N) is 6. The van der Waals surface area contributed by atoms with Gasteiger partial charge in [0.1, 0.15) is 35.5 Å². The van der Waals surface area contributed by atoms with Gasteiger partial charge in [0.25, 0.3) is 0 Å². The van der Waals surface area contributed by atoms with Gasteiger partial charge < -0.3 is 25.4 Å². The third-order valence-corrected chi connectivity index (χ3v) is 5.65. The van der Waals surface area contributed by atoms with Crippen LogP contribution in [-0.4, -0.2) is 75.3 Å². The van der Waals surface area contributed by atoms with Crippen molar-refractivity contribution in [1.82, 2.24) is 35.0 Å². The second-order valence-electron chi connectivity index (χ2n) is 8.36. The topological polar surface area (TPSA) is 124 Å². The number of nitrogens with one attached hydrogen (secondary N) is 3. The van der Waals surface area contributed by atoms with Gasteiger partial charge in [-0.05, 0) is 44.8 Å².